The van der Waals surface area contributed by atoms with Crippen LogP contribution < -0.4 is 6.15 Å². The van der Waals surface area contributed by atoms with Gasteiger partial charge in [0, 0.05) is 0 Å². The SMILES string of the molecule is CCCCCCCCCCN(C)C.Cl.Cl.N. The molecule has 16 heavy (non-hydrogen) atoms. The van der Waals surface area contributed by atoms with Crippen LogP contribution in [-0.4, -0.2) is 25.5 Å². The Morgan fingerprint density at radius 1 is 0.688 bits per heavy atom. The van der Waals surface area contributed by atoms with Gasteiger partial charge in [-0.1, -0.05) is 51.9 Å². The molecule has 0 rings (SSSR count). The summed E-state index contributed by atoms with van der Waals surface area (Å²) < 4.78 is 0. The van der Waals surface area contributed by atoms with Crippen molar-refractivity contribution >= 4 is 24.8 Å². The molecule has 0 spiro atoms. The van der Waals surface area contributed by atoms with Crippen LogP contribution in [0.25, 0.3) is 0 Å². The lowest BCUT2D eigenvalue weighted by Crippen LogP contribution is -2.12. The van der Waals surface area contributed by atoms with Gasteiger partial charge in [0.15, 0.2) is 0 Å². The van der Waals surface area contributed by atoms with Crippen LogP contribution in [0.5, 0.6) is 0 Å². The molecule has 0 saturated carbocycles. The van der Waals surface area contributed by atoms with Crippen molar-refractivity contribution in [3.63, 3.8) is 0 Å². The average Bonchev–Trinajstić information content (AvgIpc) is 2.09. The Balaban J connectivity index is -0.000000240. The summed E-state index contributed by atoms with van der Waals surface area (Å²) in [6, 6.07) is 0. The first-order valence-electron chi connectivity index (χ1n) is 5.92. The predicted molar refractivity (Wildman–Crippen MR) is 80.7 cm³/mol. The maximum Gasteiger partial charge on any atom is -0.00248 e. The highest BCUT2D eigenvalue weighted by molar-refractivity contribution is 5.85. The van der Waals surface area contributed by atoms with Gasteiger partial charge in [-0.3, -0.25) is 0 Å². The van der Waals surface area contributed by atoms with Crippen molar-refractivity contribution in [2.24, 2.45) is 0 Å². The van der Waals surface area contributed by atoms with Crippen LogP contribution in [0.3, 0.4) is 0 Å². The van der Waals surface area contributed by atoms with Crippen LogP contribution in [0.4, 0.5) is 0 Å². The summed E-state index contributed by atoms with van der Waals surface area (Å²) in [6.07, 6.45) is 11.4. The maximum atomic E-state index is 2.27. The molecule has 0 aliphatic carbocycles. The Kier molecular flexibility index (Phi) is 33.1. The number of hydrogen-bond acceptors (Lipinski definition) is 2. The van der Waals surface area contributed by atoms with Crippen LogP contribution in [0.2, 0.25) is 0 Å². The molecule has 104 valence electrons. The van der Waals surface area contributed by atoms with Crippen LogP contribution in [0, 0.1) is 0 Å². The van der Waals surface area contributed by atoms with Crippen molar-refractivity contribution in [2.75, 3.05) is 20.6 Å². The molecule has 0 aliphatic rings. The van der Waals surface area contributed by atoms with Gasteiger partial charge in [0.2, 0.25) is 0 Å². The lowest BCUT2D eigenvalue weighted by atomic mass is 10.1. The fourth-order valence-corrected chi connectivity index (χ4v) is 1.56. The minimum atomic E-state index is 0. The Bertz CT molecular complexity index is 101. The summed E-state index contributed by atoms with van der Waals surface area (Å²) in [5.41, 5.74) is 0. The third-order valence-electron chi connectivity index (χ3n) is 2.46. The summed E-state index contributed by atoms with van der Waals surface area (Å²) in [6.45, 7) is 3.53. The van der Waals surface area contributed by atoms with Crippen LogP contribution in [0.15, 0.2) is 0 Å². The number of rotatable bonds is 9. The molecule has 2 nitrogen and oxygen atoms in total. The fraction of sp³-hybridized carbons (Fsp3) is 1.00. The van der Waals surface area contributed by atoms with E-state index in [9.17, 15) is 0 Å². The molecule has 3 N–H and O–H groups in total. The number of hydrogen-bond donors (Lipinski definition) is 1. The highest BCUT2D eigenvalue weighted by Gasteiger charge is 1.92. The van der Waals surface area contributed by atoms with Crippen molar-refractivity contribution in [2.45, 2.75) is 58.3 Å². The van der Waals surface area contributed by atoms with E-state index < -0.39 is 0 Å². The second kappa shape index (κ2) is 20.9. The summed E-state index contributed by atoms with van der Waals surface area (Å²) in [5.74, 6) is 0. The van der Waals surface area contributed by atoms with Crippen molar-refractivity contribution in [1.82, 2.24) is 11.1 Å². The van der Waals surface area contributed by atoms with E-state index in [1.165, 1.54) is 57.9 Å². The van der Waals surface area contributed by atoms with Gasteiger partial charge < -0.3 is 11.1 Å². The van der Waals surface area contributed by atoms with E-state index in [4.69, 9.17) is 0 Å². The lowest BCUT2D eigenvalue weighted by Gasteiger charge is -2.08. The highest BCUT2D eigenvalue weighted by Crippen LogP contribution is 2.08. The quantitative estimate of drug-likeness (QED) is 0.620. The van der Waals surface area contributed by atoms with Crippen molar-refractivity contribution < 1.29 is 0 Å². The third-order valence-corrected chi connectivity index (χ3v) is 2.46. The third kappa shape index (κ3) is 24.0. The molecular weight excluding hydrogens is 243 g/mol. The minimum Gasteiger partial charge on any atom is -0.344 e. The van der Waals surface area contributed by atoms with E-state index >= 15 is 0 Å². The van der Waals surface area contributed by atoms with E-state index in [-0.39, 0.29) is 31.0 Å². The standard InChI is InChI=1S/C12H27N.2ClH.H3N/c1-4-5-6-7-8-9-10-11-12-13(2)3;;;/h4-12H2,1-3H3;2*1H;1H3. The largest absolute Gasteiger partial charge is 0.344 e. The zero-order valence-electron chi connectivity index (χ0n) is 11.3. The number of nitrogens with zero attached hydrogens (tertiary/aromatic N) is 1. The van der Waals surface area contributed by atoms with Gasteiger partial charge in [0.1, 0.15) is 0 Å². The highest BCUT2D eigenvalue weighted by atomic mass is 35.5. The van der Waals surface area contributed by atoms with Gasteiger partial charge in [-0.25, -0.2) is 0 Å². The number of unbranched alkanes of at least 4 members (excludes halogenated alkanes) is 7. The zero-order chi connectivity index (χ0) is 9.94. The molecule has 0 amide bonds. The molecule has 0 aliphatic heterocycles. The van der Waals surface area contributed by atoms with E-state index in [2.05, 4.69) is 25.9 Å². The predicted octanol–water partition coefficient (Wildman–Crippen LogP) is 4.69. The minimum absolute atomic E-state index is 0. The molecule has 0 fully saturated rings. The Hall–Kier alpha value is 0.500. The molecule has 4 heteroatoms. The first-order valence-corrected chi connectivity index (χ1v) is 5.92. The summed E-state index contributed by atoms with van der Waals surface area (Å²) in [4.78, 5) is 2.27. The van der Waals surface area contributed by atoms with Gasteiger partial charge in [-0.2, -0.15) is 0 Å². The summed E-state index contributed by atoms with van der Waals surface area (Å²) in [5, 5.41) is 0. The fourth-order valence-electron chi connectivity index (χ4n) is 1.56. The van der Waals surface area contributed by atoms with Crippen molar-refractivity contribution in [1.29, 1.82) is 0 Å². The molecule has 0 aromatic rings. The van der Waals surface area contributed by atoms with E-state index in [0.29, 0.717) is 0 Å². The Labute approximate surface area is 115 Å². The van der Waals surface area contributed by atoms with Gasteiger partial charge in [0.05, 0.1) is 0 Å². The zero-order valence-corrected chi connectivity index (χ0v) is 13.0. The molecule has 0 unspecified atom stereocenters. The Morgan fingerprint density at radius 3 is 1.44 bits per heavy atom. The second-order valence-corrected chi connectivity index (χ2v) is 4.28. The Morgan fingerprint density at radius 2 is 1.06 bits per heavy atom. The van der Waals surface area contributed by atoms with Crippen molar-refractivity contribution in [3.8, 4) is 0 Å². The number of halogens is 2. The lowest BCUT2D eigenvalue weighted by molar-refractivity contribution is 0.389. The smallest absolute Gasteiger partial charge is 0.00248 e. The van der Waals surface area contributed by atoms with Crippen LogP contribution >= 0.6 is 24.8 Å². The second-order valence-electron chi connectivity index (χ2n) is 4.28. The van der Waals surface area contributed by atoms with Gasteiger partial charge in [-0.05, 0) is 27.1 Å². The molecule has 0 saturated heterocycles. The van der Waals surface area contributed by atoms with Gasteiger partial charge in [-0.15, -0.1) is 24.8 Å². The topological polar surface area (TPSA) is 38.2 Å². The molecule has 0 aromatic carbocycles. The van der Waals surface area contributed by atoms with Crippen LogP contribution in [-0.2, 0) is 0 Å². The molecule has 0 radical (unpaired) electrons. The normalized spacial score (nSPS) is 9.00. The van der Waals surface area contributed by atoms with Crippen molar-refractivity contribution in [3.05, 3.63) is 0 Å². The van der Waals surface area contributed by atoms with E-state index in [0.717, 1.165) is 0 Å². The van der Waals surface area contributed by atoms with Gasteiger partial charge in [0.25, 0.3) is 0 Å². The van der Waals surface area contributed by atoms with E-state index in [1.807, 2.05) is 0 Å². The maximum absolute atomic E-state index is 2.27. The molecule has 0 heterocycles. The van der Waals surface area contributed by atoms with E-state index in [1.54, 1.807) is 0 Å². The first kappa shape index (κ1) is 25.4. The molecular formula is C12H32Cl2N2. The molecule has 0 atom stereocenters. The molecule has 0 aromatic heterocycles. The summed E-state index contributed by atoms with van der Waals surface area (Å²) in [7, 11) is 4.31. The first-order chi connectivity index (χ1) is 6.27. The monoisotopic (exact) mass is 274 g/mol. The average molecular weight is 275 g/mol. The van der Waals surface area contributed by atoms with Gasteiger partial charge >= 0.3 is 0 Å². The van der Waals surface area contributed by atoms with Crippen LogP contribution in [0.1, 0.15) is 58.3 Å². The molecule has 0 bridgehead atoms. The summed E-state index contributed by atoms with van der Waals surface area (Å²) >= 11 is 0.